The maximum Gasteiger partial charge on any atom is 0.271 e. The third-order valence-corrected chi connectivity index (χ3v) is 5.68. The van der Waals surface area contributed by atoms with Gasteiger partial charge >= 0.3 is 0 Å². The van der Waals surface area contributed by atoms with Gasteiger partial charge in [0.15, 0.2) is 5.65 Å². The van der Waals surface area contributed by atoms with Crippen LogP contribution in [-0.2, 0) is 7.05 Å². The van der Waals surface area contributed by atoms with Gasteiger partial charge in [0.25, 0.3) is 5.56 Å². The first-order valence-corrected chi connectivity index (χ1v) is 9.33. The Kier molecular flexibility index (Phi) is 3.80. The van der Waals surface area contributed by atoms with Gasteiger partial charge in [-0.15, -0.1) is 11.3 Å². The van der Waals surface area contributed by atoms with Gasteiger partial charge in [0.1, 0.15) is 16.0 Å². The van der Waals surface area contributed by atoms with E-state index in [0.29, 0.717) is 16.9 Å². The summed E-state index contributed by atoms with van der Waals surface area (Å²) in [5, 5.41) is 0.726. The van der Waals surface area contributed by atoms with Crippen LogP contribution in [0.4, 0.5) is 0 Å². The molecule has 4 rings (SSSR count). The number of aryl methyl sites for hydroxylation is 2. The SMILES string of the molecule is Cc1cc2c(=O)c3c(=O)n(-c4ccccc4)c(C(C)C)nc3n(C)c2s1. The zero-order valence-corrected chi connectivity index (χ0v) is 15.9. The summed E-state index contributed by atoms with van der Waals surface area (Å²) in [6.07, 6.45) is 0. The Hall–Kier alpha value is -2.73. The van der Waals surface area contributed by atoms with E-state index in [1.54, 1.807) is 15.9 Å². The minimum atomic E-state index is -0.309. The van der Waals surface area contributed by atoms with Crippen molar-refractivity contribution in [3.05, 3.63) is 67.7 Å². The first-order chi connectivity index (χ1) is 12.4. The zero-order valence-electron chi connectivity index (χ0n) is 15.1. The Morgan fingerprint density at radius 3 is 2.46 bits per heavy atom. The average molecular weight is 365 g/mol. The van der Waals surface area contributed by atoms with Crippen molar-refractivity contribution in [3.8, 4) is 5.69 Å². The van der Waals surface area contributed by atoms with Gasteiger partial charge in [-0.25, -0.2) is 4.98 Å². The van der Waals surface area contributed by atoms with E-state index in [4.69, 9.17) is 4.98 Å². The van der Waals surface area contributed by atoms with Crippen LogP contribution in [0.3, 0.4) is 0 Å². The summed E-state index contributed by atoms with van der Waals surface area (Å²) >= 11 is 1.54. The van der Waals surface area contributed by atoms with E-state index in [1.165, 1.54) is 0 Å². The molecule has 0 saturated heterocycles. The van der Waals surface area contributed by atoms with Crippen molar-refractivity contribution in [2.45, 2.75) is 26.7 Å². The number of benzene rings is 1. The highest BCUT2D eigenvalue weighted by Crippen LogP contribution is 2.25. The molecule has 0 radical (unpaired) electrons. The molecule has 0 amide bonds. The number of pyridine rings is 1. The van der Waals surface area contributed by atoms with Crippen LogP contribution in [0, 0.1) is 6.92 Å². The molecular formula is C20H19N3O2S. The molecule has 0 N–H and O–H groups in total. The third kappa shape index (κ3) is 2.33. The molecule has 132 valence electrons. The largest absolute Gasteiger partial charge is 0.320 e. The molecule has 6 heteroatoms. The van der Waals surface area contributed by atoms with E-state index in [1.807, 2.05) is 68.8 Å². The highest BCUT2D eigenvalue weighted by atomic mass is 32.1. The highest BCUT2D eigenvalue weighted by molar-refractivity contribution is 7.18. The Bertz CT molecular complexity index is 1260. The minimum Gasteiger partial charge on any atom is -0.320 e. The maximum atomic E-state index is 13.4. The van der Waals surface area contributed by atoms with Gasteiger partial charge in [0.2, 0.25) is 5.43 Å². The summed E-state index contributed by atoms with van der Waals surface area (Å²) in [7, 11) is 1.86. The number of rotatable bonds is 2. The number of nitrogens with zero attached hydrogens (tertiary/aromatic N) is 3. The summed E-state index contributed by atoms with van der Waals surface area (Å²) < 4.78 is 3.44. The first-order valence-electron chi connectivity index (χ1n) is 8.51. The molecule has 4 aromatic rings. The predicted molar refractivity (Wildman–Crippen MR) is 107 cm³/mol. The summed E-state index contributed by atoms with van der Waals surface area (Å²) in [5.74, 6) is 0.680. The van der Waals surface area contributed by atoms with Crippen molar-refractivity contribution in [1.29, 1.82) is 0 Å². The summed E-state index contributed by atoms with van der Waals surface area (Å²) in [6, 6.07) is 11.2. The Morgan fingerprint density at radius 2 is 1.81 bits per heavy atom. The molecule has 0 unspecified atom stereocenters. The molecule has 0 fully saturated rings. The fourth-order valence-electron chi connectivity index (χ4n) is 3.33. The van der Waals surface area contributed by atoms with Crippen molar-refractivity contribution in [1.82, 2.24) is 14.1 Å². The van der Waals surface area contributed by atoms with Gasteiger partial charge in [0.05, 0.1) is 11.1 Å². The van der Waals surface area contributed by atoms with Gasteiger partial charge in [-0.05, 0) is 25.1 Å². The number of thiophene rings is 1. The summed E-state index contributed by atoms with van der Waals surface area (Å²) in [6.45, 7) is 5.96. The van der Waals surface area contributed by atoms with E-state index in [-0.39, 0.29) is 22.3 Å². The van der Waals surface area contributed by atoms with Crippen molar-refractivity contribution >= 4 is 32.6 Å². The van der Waals surface area contributed by atoms with Crippen LogP contribution >= 0.6 is 11.3 Å². The molecule has 3 aromatic heterocycles. The second-order valence-electron chi connectivity index (χ2n) is 6.76. The molecule has 0 aliphatic carbocycles. The van der Waals surface area contributed by atoms with E-state index in [9.17, 15) is 9.59 Å². The number of fused-ring (bicyclic) bond motifs is 2. The maximum absolute atomic E-state index is 13.4. The van der Waals surface area contributed by atoms with E-state index >= 15 is 0 Å². The average Bonchev–Trinajstić information content (AvgIpc) is 3.02. The van der Waals surface area contributed by atoms with Gasteiger partial charge < -0.3 is 4.57 Å². The molecule has 26 heavy (non-hydrogen) atoms. The Labute approximate surface area is 154 Å². The van der Waals surface area contributed by atoms with Crippen LogP contribution < -0.4 is 11.0 Å². The van der Waals surface area contributed by atoms with Gasteiger partial charge in [-0.1, -0.05) is 32.0 Å². The molecule has 1 aromatic carbocycles. The molecular weight excluding hydrogens is 346 g/mol. The predicted octanol–water partition coefficient (Wildman–Crippen LogP) is 3.73. The van der Waals surface area contributed by atoms with Crippen molar-refractivity contribution in [2.24, 2.45) is 7.05 Å². The summed E-state index contributed by atoms with van der Waals surface area (Å²) in [4.78, 5) is 33.1. The lowest BCUT2D eigenvalue weighted by Gasteiger charge is -2.17. The lowest BCUT2D eigenvalue weighted by Crippen LogP contribution is -2.29. The fraction of sp³-hybridized carbons (Fsp3) is 0.250. The van der Waals surface area contributed by atoms with Crippen molar-refractivity contribution < 1.29 is 0 Å². The molecule has 0 saturated carbocycles. The number of aromatic nitrogens is 3. The molecule has 0 aliphatic heterocycles. The first kappa shape index (κ1) is 16.7. The molecule has 0 bridgehead atoms. The second kappa shape index (κ2) is 5.92. The molecule has 0 aliphatic rings. The topological polar surface area (TPSA) is 56.9 Å². The number of para-hydroxylation sites is 1. The smallest absolute Gasteiger partial charge is 0.271 e. The fourth-order valence-corrected chi connectivity index (χ4v) is 4.29. The summed E-state index contributed by atoms with van der Waals surface area (Å²) in [5.41, 5.74) is 0.621. The van der Waals surface area contributed by atoms with Gasteiger partial charge in [-0.2, -0.15) is 0 Å². The molecule has 0 spiro atoms. The standard InChI is InChI=1S/C20H19N3O2S/c1-11(2)17-21-18-15(19(25)23(17)13-8-6-5-7-9-13)16(24)14-10-12(3)26-20(14)22(18)4/h5-11H,1-4H3. The van der Waals surface area contributed by atoms with E-state index < -0.39 is 0 Å². The molecule has 3 heterocycles. The molecule has 5 nitrogen and oxygen atoms in total. The van der Waals surface area contributed by atoms with Crippen LogP contribution in [-0.4, -0.2) is 14.1 Å². The molecule has 0 atom stereocenters. The van der Waals surface area contributed by atoms with Crippen LogP contribution in [0.25, 0.3) is 26.9 Å². The van der Waals surface area contributed by atoms with Crippen LogP contribution in [0.5, 0.6) is 0 Å². The monoisotopic (exact) mass is 365 g/mol. The lowest BCUT2D eigenvalue weighted by atomic mass is 10.1. The quantitative estimate of drug-likeness (QED) is 0.544. The van der Waals surface area contributed by atoms with E-state index in [0.717, 1.165) is 15.4 Å². The van der Waals surface area contributed by atoms with Gasteiger partial charge in [-0.3, -0.25) is 14.2 Å². The zero-order chi connectivity index (χ0) is 18.6. The van der Waals surface area contributed by atoms with Gasteiger partial charge in [0, 0.05) is 17.8 Å². The van der Waals surface area contributed by atoms with Crippen molar-refractivity contribution in [3.63, 3.8) is 0 Å². The van der Waals surface area contributed by atoms with Crippen LogP contribution in [0.1, 0.15) is 30.5 Å². The minimum absolute atomic E-state index is 0.0307. The van der Waals surface area contributed by atoms with E-state index in [2.05, 4.69) is 0 Å². The van der Waals surface area contributed by atoms with Crippen LogP contribution in [0.15, 0.2) is 46.0 Å². The number of hydrogen-bond donors (Lipinski definition) is 0. The third-order valence-electron chi connectivity index (χ3n) is 4.55. The van der Waals surface area contributed by atoms with Crippen molar-refractivity contribution in [2.75, 3.05) is 0 Å². The Balaban J connectivity index is 2.27. The number of hydrogen-bond acceptors (Lipinski definition) is 4. The highest BCUT2D eigenvalue weighted by Gasteiger charge is 2.21. The Morgan fingerprint density at radius 1 is 1.12 bits per heavy atom. The normalized spacial score (nSPS) is 11.7. The second-order valence-corrected chi connectivity index (χ2v) is 8.00. The van der Waals surface area contributed by atoms with Crippen LogP contribution in [0.2, 0.25) is 0 Å². The lowest BCUT2D eigenvalue weighted by molar-refractivity contribution is 0.716.